The zero-order valence-electron chi connectivity index (χ0n) is 14.2. The average molecular weight is 328 g/mol. The van der Waals surface area contributed by atoms with Crippen LogP contribution in [0, 0.1) is 0 Å². The van der Waals surface area contributed by atoms with E-state index in [1.165, 1.54) is 5.56 Å². The van der Waals surface area contributed by atoms with Gasteiger partial charge in [0, 0.05) is 26.0 Å². The van der Waals surface area contributed by atoms with E-state index < -0.39 is 0 Å². The summed E-state index contributed by atoms with van der Waals surface area (Å²) in [5.41, 5.74) is 1.20. The van der Waals surface area contributed by atoms with E-state index in [1.807, 2.05) is 36.5 Å². The van der Waals surface area contributed by atoms with Crippen LogP contribution in [-0.2, 0) is 6.42 Å². The summed E-state index contributed by atoms with van der Waals surface area (Å²) < 4.78 is 10.8. The minimum atomic E-state index is 0.551. The highest BCUT2D eigenvalue weighted by atomic mass is 16.5. The number of benzene rings is 1. The zero-order valence-corrected chi connectivity index (χ0v) is 14.2. The summed E-state index contributed by atoms with van der Waals surface area (Å²) in [5.74, 6) is 2.40. The Hall–Kier alpha value is -2.76. The van der Waals surface area contributed by atoms with Gasteiger partial charge in [0.25, 0.3) is 0 Å². The normalized spacial score (nSPS) is 11.0. The van der Waals surface area contributed by atoms with Crippen LogP contribution in [0.25, 0.3) is 0 Å². The molecule has 0 fully saturated rings. The Labute approximate surface area is 142 Å². The first kappa shape index (κ1) is 17.6. The lowest BCUT2D eigenvalue weighted by atomic mass is 10.2. The van der Waals surface area contributed by atoms with Crippen LogP contribution in [0.3, 0.4) is 0 Å². The monoisotopic (exact) mass is 328 g/mol. The summed E-state index contributed by atoms with van der Waals surface area (Å²) >= 11 is 0. The minimum absolute atomic E-state index is 0.551. The zero-order chi connectivity index (χ0) is 17.0. The SMILES string of the molecule is CN=C(NCCOc1ccc(OC)cc1)NCCc1cccnc1. The molecule has 0 aliphatic heterocycles. The van der Waals surface area contributed by atoms with E-state index in [4.69, 9.17) is 9.47 Å². The second kappa shape index (κ2) is 10.1. The third kappa shape index (κ3) is 6.16. The molecule has 0 saturated heterocycles. The van der Waals surface area contributed by atoms with Crippen LogP contribution < -0.4 is 20.1 Å². The molecule has 0 spiro atoms. The Morgan fingerprint density at radius 2 is 1.83 bits per heavy atom. The van der Waals surface area contributed by atoms with Crippen molar-refractivity contribution < 1.29 is 9.47 Å². The highest BCUT2D eigenvalue weighted by Gasteiger charge is 1.99. The molecule has 6 nitrogen and oxygen atoms in total. The van der Waals surface area contributed by atoms with Gasteiger partial charge in [-0.15, -0.1) is 0 Å². The maximum absolute atomic E-state index is 5.67. The van der Waals surface area contributed by atoms with Crippen molar-refractivity contribution in [3.63, 3.8) is 0 Å². The van der Waals surface area contributed by atoms with Crippen LogP contribution in [0.15, 0.2) is 53.8 Å². The molecular formula is C18H24N4O2. The number of aliphatic imine (C=N–C) groups is 1. The topological polar surface area (TPSA) is 67.8 Å². The fraction of sp³-hybridized carbons (Fsp3) is 0.333. The molecule has 2 rings (SSSR count). The fourth-order valence-electron chi connectivity index (χ4n) is 2.10. The van der Waals surface area contributed by atoms with Gasteiger partial charge in [0.1, 0.15) is 18.1 Å². The number of guanidine groups is 1. The summed E-state index contributed by atoms with van der Waals surface area (Å²) in [6, 6.07) is 11.5. The van der Waals surface area contributed by atoms with E-state index in [1.54, 1.807) is 20.4 Å². The standard InChI is InChI=1S/C18H24N4O2/c1-19-18(21-11-9-15-4-3-10-20-14-15)22-12-13-24-17-7-5-16(23-2)6-8-17/h3-8,10,14H,9,11-13H2,1-2H3,(H2,19,21,22). The molecule has 0 amide bonds. The Morgan fingerprint density at radius 3 is 2.50 bits per heavy atom. The molecule has 0 aliphatic rings. The summed E-state index contributed by atoms with van der Waals surface area (Å²) in [6.45, 7) is 2.01. The van der Waals surface area contributed by atoms with Crippen molar-refractivity contribution >= 4 is 5.96 Å². The predicted molar refractivity (Wildman–Crippen MR) is 95.8 cm³/mol. The number of hydrogen-bond donors (Lipinski definition) is 2. The van der Waals surface area contributed by atoms with Crippen molar-refractivity contribution in [1.82, 2.24) is 15.6 Å². The van der Waals surface area contributed by atoms with Gasteiger partial charge in [0.2, 0.25) is 0 Å². The minimum Gasteiger partial charge on any atom is -0.497 e. The van der Waals surface area contributed by atoms with Gasteiger partial charge in [0.05, 0.1) is 13.7 Å². The van der Waals surface area contributed by atoms with E-state index in [-0.39, 0.29) is 0 Å². The molecule has 1 aromatic heterocycles. The number of methoxy groups -OCH3 is 1. The average Bonchev–Trinajstić information content (AvgIpc) is 2.65. The van der Waals surface area contributed by atoms with E-state index in [0.29, 0.717) is 13.2 Å². The number of pyridine rings is 1. The van der Waals surface area contributed by atoms with Gasteiger partial charge in [-0.2, -0.15) is 0 Å². The van der Waals surface area contributed by atoms with Crippen molar-refractivity contribution in [2.24, 2.45) is 4.99 Å². The smallest absolute Gasteiger partial charge is 0.191 e. The molecule has 1 heterocycles. The molecule has 128 valence electrons. The lowest BCUT2D eigenvalue weighted by Gasteiger charge is -2.12. The van der Waals surface area contributed by atoms with Crippen LogP contribution in [0.1, 0.15) is 5.56 Å². The molecule has 0 atom stereocenters. The molecule has 2 aromatic rings. The van der Waals surface area contributed by atoms with Gasteiger partial charge in [-0.05, 0) is 42.3 Å². The lowest BCUT2D eigenvalue weighted by molar-refractivity contribution is 0.321. The molecular weight excluding hydrogens is 304 g/mol. The van der Waals surface area contributed by atoms with Crippen LogP contribution in [0.2, 0.25) is 0 Å². The first-order valence-electron chi connectivity index (χ1n) is 7.92. The quantitative estimate of drug-likeness (QED) is 0.440. The summed E-state index contributed by atoms with van der Waals surface area (Å²) in [5, 5.41) is 6.49. The maximum atomic E-state index is 5.67. The van der Waals surface area contributed by atoms with Gasteiger partial charge in [-0.1, -0.05) is 6.07 Å². The Bertz CT molecular complexity index is 615. The van der Waals surface area contributed by atoms with E-state index in [0.717, 1.165) is 30.4 Å². The fourth-order valence-corrected chi connectivity index (χ4v) is 2.10. The molecule has 24 heavy (non-hydrogen) atoms. The molecule has 1 aromatic carbocycles. The lowest BCUT2D eigenvalue weighted by Crippen LogP contribution is -2.40. The molecule has 2 N–H and O–H groups in total. The van der Waals surface area contributed by atoms with Crippen LogP contribution in [0.4, 0.5) is 0 Å². The van der Waals surface area contributed by atoms with E-state index >= 15 is 0 Å². The summed E-state index contributed by atoms with van der Waals surface area (Å²) in [7, 11) is 3.40. The number of rotatable bonds is 8. The van der Waals surface area contributed by atoms with Crippen LogP contribution in [0.5, 0.6) is 11.5 Å². The van der Waals surface area contributed by atoms with Crippen molar-refractivity contribution in [2.45, 2.75) is 6.42 Å². The van der Waals surface area contributed by atoms with E-state index in [9.17, 15) is 0 Å². The van der Waals surface area contributed by atoms with Gasteiger partial charge in [0.15, 0.2) is 5.96 Å². The van der Waals surface area contributed by atoms with Crippen LogP contribution >= 0.6 is 0 Å². The third-order valence-corrected chi connectivity index (χ3v) is 3.38. The van der Waals surface area contributed by atoms with Crippen LogP contribution in [-0.4, -0.2) is 44.8 Å². The number of hydrogen-bond acceptors (Lipinski definition) is 4. The highest BCUT2D eigenvalue weighted by molar-refractivity contribution is 5.79. The highest BCUT2D eigenvalue weighted by Crippen LogP contribution is 2.16. The van der Waals surface area contributed by atoms with Gasteiger partial charge >= 0.3 is 0 Å². The number of nitrogens with zero attached hydrogens (tertiary/aromatic N) is 2. The number of aromatic nitrogens is 1. The predicted octanol–water partition coefficient (Wildman–Crippen LogP) is 1.88. The Balaban J connectivity index is 1.62. The summed E-state index contributed by atoms with van der Waals surface area (Å²) in [4.78, 5) is 8.30. The first-order valence-corrected chi connectivity index (χ1v) is 7.92. The van der Waals surface area contributed by atoms with E-state index in [2.05, 4.69) is 26.7 Å². The Morgan fingerprint density at radius 1 is 1.08 bits per heavy atom. The number of nitrogens with one attached hydrogen (secondary N) is 2. The van der Waals surface area contributed by atoms with Crippen molar-refractivity contribution in [3.8, 4) is 11.5 Å². The molecule has 0 saturated carbocycles. The van der Waals surface area contributed by atoms with Crippen molar-refractivity contribution in [1.29, 1.82) is 0 Å². The van der Waals surface area contributed by atoms with Crippen molar-refractivity contribution in [2.75, 3.05) is 33.9 Å². The van der Waals surface area contributed by atoms with Crippen molar-refractivity contribution in [3.05, 3.63) is 54.4 Å². The summed E-state index contributed by atoms with van der Waals surface area (Å²) in [6.07, 6.45) is 4.55. The molecule has 0 bridgehead atoms. The Kier molecular flexibility index (Phi) is 7.40. The molecule has 6 heteroatoms. The molecule has 0 aliphatic carbocycles. The van der Waals surface area contributed by atoms with Gasteiger partial charge in [-0.25, -0.2) is 0 Å². The largest absolute Gasteiger partial charge is 0.497 e. The third-order valence-electron chi connectivity index (χ3n) is 3.38. The second-order valence-corrected chi connectivity index (χ2v) is 5.06. The maximum Gasteiger partial charge on any atom is 0.191 e. The first-order chi connectivity index (χ1) is 11.8. The number of ether oxygens (including phenoxy) is 2. The second-order valence-electron chi connectivity index (χ2n) is 5.06. The van der Waals surface area contributed by atoms with Gasteiger partial charge < -0.3 is 20.1 Å². The molecule has 0 radical (unpaired) electrons. The molecule has 0 unspecified atom stereocenters. The van der Waals surface area contributed by atoms with Gasteiger partial charge in [-0.3, -0.25) is 9.98 Å².